The first-order chi connectivity index (χ1) is 12.4. The zero-order valence-corrected chi connectivity index (χ0v) is 16.2. The summed E-state index contributed by atoms with van der Waals surface area (Å²) in [4.78, 5) is 25.2. The quantitative estimate of drug-likeness (QED) is 0.745. The van der Waals surface area contributed by atoms with Crippen molar-refractivity contribution in [2.75, 3.05) is 31.3 Å². The fraction of sp³-hybridized carbons (Fsp3) is 0.263. The monoisotopic (exact) mass is 393 g/mol. The first kappa shape index (κ1) is 20.1. The van der Waals surface area contributed by atoms with E-state index < -0.39 is 0 Å². The van der Waals surface area contributed by atoms with Crippen LogP contribution in [0, 0.1) is 0 Å². The number of halogens is 2. The molecule has 0 saturated heterocycles. The van der Waals surface area contributed by atoms with Gasteiger partial charge in [-0.2, -0.15) is 0 Å². The van der Waals surface area contributed by atoms with Crippen molar-refractivity contribution in [1.82, 2.24) is 4.90 Å². The summed E-state index contributed by atoms with van der Waals surface area (Å²) in [7, 11) is 3.48. The molecule has 26 heavy (non-hydrogen) atoms. The third-order valence-electron chi connectivity index (χ3n) is 3.76. The van der Waals surface area contributed by atoms with Crippen LogP contribution in [0.3, 0.4) is 0 Å². The number of aryl methyl sites for hydroxylation is 1. The third kappa shape index (κ3) is 5.93. The Hall–Kier alpha value is -2.24. The van der Waals surface area contributed by atoms with E-state index in [0.717, 1.165) is 5.56 Å². The van der Waals surface area contributed by atoms with Gasteiger partial charge in [-0.25, -0.2) is 0 Å². The fourth-order valence-corrected chi connectivity index (χ4v) is 2.62. The van der Waals surface area contributed by atoms with Crippen molar-refractivity contribution in [3.05, 3.63) is 58.1 Å². The molecule has 7 heteroatoms. The number of rotatable bonds is 7. The highest BCUT2D eigenvalue weighted by atomic mass is 35.5. The average Bonchev–Trinajstić information content (AvgIpc) is 2.62. The van der Waals surface area contributed by atoms with Crippen LogP contribution in [-0.4, -0.2) is 37.4 Å². The van der Waals surface area contributed by atoms with Crippen molar-refractivity contribution < 1.29 is 9.59 Å². The van der Waals surface area contributed by atoms with E-state index >= 15 is 0 Å². The van der Waals surface area contributed by atoms with Crippen LogP contribution < -0.4 is 10.6 Å². The molecule has 0 aromatic heterocycles. The summed E-state index contributed by atoms with van der Waals surface area (Å²) >= 11 is 12.0. The lowest BCUT2D eigenvalue weighted by Crippen LogP contribution is -2.22. The van der Waals surface area contributed by atoms with Crippen molar-refractivity contribution in [3.63, 3.8) is 0 Å². The van der Waals surface area contributed by atoms with Crippen molar-refractivity contribution in [2.24, 2.45) is 0 Å². The Morgan fingerprint density at radius 3 is 2.38 bits per heavy atom. The molecule has 0 aliphatic heterocycles. The molecule has 138 valence electrons. The van der Waals surface area contributed by atoms with E-state index in [-0.39, 0.29) is 18.4 Å². The van der Waals surface area contributed by atoms with Crippen LogP contribution in [0.5, 0.6) is 0 Å². The minimum atomic E-state index is -0.198. The topological polar surface area (TPSA) is 61.4 Å². The number of nitrogens with one attached hydrogen (secondary N) is 2. The average molecular weight is 394 g/mol. The SMILES string of the molecule is CN(C)C(=O)CCc1ccc(NC(=O)CNc2cccc(Cl)c2Cl)cc1. The van der Waals surface area contributed by atoms with Gasteiger partial charge < -0.3 is 15.5 Å². The molecule has 0 aliphatic carbocycles. The molecule has 0 saturated carbocycles. The van der Waals surface area contributed by atoms with E-state index in [1.165, 1.54) is 0 Å². The summed E-state index contributed by atoms with van der Waals surface area (Å²) in [6.07, 6.45) is 1.13. The van der Waals surface area contributed by atoms with Crippen LogP contribution >= 0.6 is 23.2 Å². The van der Waals surface area contributed by atoms with E-state index in [9.17, 15) is 9.59 Å². The number of carbonyl (C=O) groups is 2. The fourth-order valence-electron chi connectivity index (χ4n) is 2.25. The van der Waals surface area contributed by atoms with E-state index in [1.807, 2.05) is 24.3 Å². The molecule has 0 atom stereocenters. The van der Waals surface area contributed by atoms with E-state index in [2.05, 4.69) is 10.6 Å². The number of amides is 2. The standard InChI is InChI=1S/C19H21Cl2N3O2/c1-24(2)18(26)11-8-13-6-9-14(10-7-13)23-17(25)12-22-16-5-3-4-15(20)19(16)21/h3-7,9-10,22H,8,11-12H2,1-2H3,(H,23,25). The van der Waals surface area contributed by atoms with Crippen molar-refractivity contribution in [3.8, 4) is 0 Å². The minimum absolute atomic E-state index is 0.0686. The largest absolute Gasteiger partial charge is 0.375 e. The Labute approximate surface area is 163 Å². The molecule has 2 rings (SSSR count). The van der Waals surface area contributed by atoms with Crippen LogP contribution in [0.25, 0.3) is 0 Å². The van der Waals surface area contributed by atoms with Gasteiger partial charge in [-0.15, -0.1) is 0 Å². The van der Waals surface area contributed by atoms with Gasteiger partial charge in [0.1, 0.15) is 0 Å². The van der Waals surface area contributed by atoms with Gasteiger partial charge >= 0.3 is 0 Å². The Morgan fingerprint density at radius 2 is 1.73 bits per heavy atom. The van der Waals surface area contributed by atoms with Gasteiger partial charge in [0.25, 0.3) is 0 Å². The van der Waals surface area contributed by atoms with Gasteiger partial charge in [0.15, 0.2) is 0 Å². The zero-order chi connectivity index (χ0) is 19.1. The maximum atomic E-state index is 12.1. The van der Waals surface area contributed by atoms with E-state index in [4.69, 9.17) is 23.2 Å². The highest BCUT2D eigenvalue weighted by molar-refractivity contribution is 6.43. The summed E-state index contributed by atoms with van der Waals surface area (Å²) in [5, 5.41) is 6.58. The lowest BCUT2D eigenvalue weighted by atomic mass is 10.1. The number of benzene rings is 2. The molecule has 0 unspecified atom stereocenters. The summed E-state index contributed by atoms with van der Waals surface area (Å²) < 4.78 is 0. The van der Waals surface area contributed by atoms with E-state index in [0.29, 0.717) is 34.3 Å². The lowest BCUT2D eigenvalue weighted by molar-refractivity contribution is -0.128. The van der Waals surface area contributed by atoms with Crippen molar-refractivity contribution in [2.45, 2.75) is 12.8 Å². The van der Waals surface area contributed by atoms with Crippen LogP contribution in [0.4, 0.5) is 11.4 Å². The second-order valence-electron chi connectivity index (χ2n) is 5.99. The van der Waals surface area contributed by atoms with Crippen LogP contribution in [0.15, 0.2) is 42.5 Å². The highest BCUT2D eigenvalue weighted by Crippen LogP contribution is 2.29. The number of carbonyl (C=O) groups excluding carboxylic acids is 2. The number of hydrogen-bond donors (Lipinski definition) is 2. The van der Waals surface area contributed by atoms with Gasteiger partial charge in [0, 0.05) is 26.2 Å². The van der Waals surface area contributed by atoms with Gasteiger partial charge in [-0.1, -0.05) is 41.4 Å². The maximum absolute atomic E-state index is 12.1. The normalized spacial score (nSPS) is 10.3. The minimum Gasteiger partial charge on any atom is -0.375 e. The lowest BCUT2D eigenvalue weighted by Gasteiger charge is -2.11. The number of anilines is 2. The molecular formula is C19H21Cl2N3O2. The van der Waals surface area contributed by atoms with E-state index in [1.54, 1.807) is 37.2 Å². The highest BCUT2D eigenvalue weighted by Gasteiger charge is 2.08. The predicted octanol–water partition coefficient (Wildman–Crippen LogP) is 4.06. The van der Waals surface area contributed by atoms with Gasteiger partial charge in [-0.3, -0.25) is 9.59 Å². The molecule has 2 N–H and O–H groups in total. The van der Waals surface area contributed by atoms with Gasteiger partial charge in [0.2, 0.25) is 11.8 Å². The first-order valence-electron chi connectivity index (χ1n) is 8.13. The second kappa shape index (κ2) is 9.46. The Morgan fingerprint density at radius 1 is 1.04 bits per heavy atom. The molecule has 5 nitrogen and oxygen atoms in total. The molecule has 2 aromatic rings. The van der Waals surface area contributed by atoms with Gasteiger partial charge in [-0.05, 0) is 36.2 Å². The molecular weight excluding hydrogens is 373 g/mol. The molecule has 0 bridgehead atoms. The summed E-state index contributed by atoms with van der Waals surface area (Å²) in [6, 6.07) is 12.6. The predicted molar refractivity (Wildman–Crippen MR) is 107 cm³/mol. The number of hydrogen-bond acceptors (Lipinski definition) is 3. The molecule has 2 aromatic carbocycles. The molecule has 0 heterocycles. The Kier molecular flexibility index (Phi) is 7.30. The van der Waals surface area contributed by atoms with Crippen LogP contribution in [0.2, 0.25) is 10.0 Å². The zero-order valence-electron chi connectivity index (χ0n) is 14.7. The molecule has 0 radical (unpaired) electrons. The number of nitrogens with zero attached hydrogens (tertiary/aromatic N) is 1. The van der Waals surface area contributed by atoms with Crippen LogP contribution in [0.1, 0.15) is 12.0 Å². The molecule has 0 spiro atoms. The second-order valence-corrected chi connectivity index (χ2v) is 6.77. The Balaban J connectivity index is 1.83. The summed E-state index contributed by atoms with van der Waals surface area (Å²) in [5.41, 5.74) is 2.34. The molecule has 2 amide bonds. The van der Waals surface area contributed by atoms with Crippen molar-refractivity contribution in [1.29, 1.82) is 0 Å². The summed E-state index contributed by atoms with van der Waals surface area (Å²) in [5.74, 6) is -0.107. The Bertz CT molecular complexity index is 777. The van der Waals surface area contributed by atoms with Crippen LogP contribution in [-0.2, 0) is 16.0 Å². The third-order valence-corrected chi connectivity index (χ3v) is 4.57. The molecule has 0 fully saturated rings. The smallest absolute Gasteiger partial charge is 0.243 e. The van der Waals surface area contributed by atoms with Gasteiger partial charge in [0.05, 0.1) is 22.3 Å². The molecule has 0 aliphatic rings. The maximum Gasteiger partial charge on any atom is 0.243 e. The van der Waals surface area contributed by atoms with Crippen molar-refractivity contribution >= 4 is 46.4 Å². The summed E-state index contributed by atoms with van der Waals surface area (Å²) in [6.45, 7) is 0.0686. The first-order valence-corrected chi connectivity index (χ1v) is 8.89.